The van der Waals surface area contributed by atoms with Crippen LogP contribution in [0.5, 0.6) is 0 Å². The van der Waals surface area contributed by atoms with Gasteiger partial charge in [0.2, 0.25) is 0 Å². The molecule has 7 aromatic carbocycles. The van der Waals surface area contributed by atoms with Gasteiger partial charge in [-0.15, -0.1) is 0 Å². The van der Waals surface area contributed by atoms with Crippen LogP contribution in [0.15, 0.2) is 180 Å². The summed E-state index contributed by atoms with van der Waals surface area (Å²) in [4.78, 5) is 14.8. The summed E-state index contributed by atoms with van der Waals surface area (Å²) < 4.78 is 6.40. The number of hydrogen-bond acceptors (Lipinski definition) is 4. The second kappa shape index (κ2) is 12.8. The molecule has 0 aliphatic carbocycles. The zero-order chi connectivity index (χ0) is 33.3. The van der Waals surface area contributed by atoms with Gasteiger partial charge in [0.1, 0.15) is 17.0 Å². The monoisotopic (exact) mass is 641 g/mol. The largest absolute Gasteiger partial charge is 0.456 e. The number of hydrogen-bond donors (Lipinski definition) is 0. The lowest BCUT2D eigenvalue weighted by atomic mass is 9.96. The van der Waals surface area contributed by atoms with Crippen LogP contribution in [0.2, 0.25) is 0 Å². The van der Waals surface area contributed by atoms with Crippen LogP contribution in [0.25, 0.3) is 78.1 Å². The molecule has 0 fully saturated rings. The highest BCUT2D eigenvalue weighted by molar-refractivity contribution is 6.08. The zero-order valence-electron chi connectivity index (χ0n) is 27.2. The van der Waals surface area contributed by atoms with Crippen molar-refractivity contribution in [1.29, 1.82) is 0 Å². The predicted octanol–water partition coefficient (Wildman–Crippen LogP) is 11.7. The van der Waals surface area contributed by atoms with Crippen molar-refractivity contribution in [3.05, 3.63) is 187 Å². The summed E-state index contributed by atoms with van der Waals surface area (Å²) in [6, 6.07) is 60.9. The summed E-state index contributed by atoms with van der Waals surface area (Å²) in [5.74, 6) is 2.04. The molecular formula is C46H31N3O. The van der Waals surface area contributed by atoms with Gasteiger partial charge < -0.3 is 4.42 Å². The second-order valence-electron chi connectivity index (χ2n) is 12.4. The third-order valence-electron chi connectivity index (χ3n) is 9.20. The molecule has 9 aromatic rings. The van der Waals surface area contributed by atoms with Crippen LogP contribution < -0.4 is 0 Å². The molecule has 0 saturated heterocycles. The van der Waals surface area contributed by atoms with Crippen LogP contribution >= 0.6 is 0 Å². The van der Waals surface area contributed by atoms with Crippen LogP contribution in [0.4, 0.5) is 0 Å². The van der Waals surface area contributed by atoms with Gasteiger partial charge in [0.15, 0.2) is 11.6 Å². The van der Waals surface area contributed by atoms with E-state index in [9.17, 15) is 0 Å². The van der Waals surface area contributed by atoms with Crippen molar-refractivity contribution in [2.45, 2.75) is 6.42 Å². The smallest absolute Gasteiger partial charge is 0.163 e. The zero-order valence-corrected chi connectivity index (χ0v) is 27.2. The van der Waals surface area contributed by atoms with Gasteiger partial charge in [0.05, 0.1) is 0 Å². The van der Waals surface area contributed by atoms with Crippen LogP contribution in [-0.4, -0.2) is 15.0 Å². The molecule has 0 N–H and O–H groups in total. The van der Waals surface area contributed by atoms with E-state index >= 15 is 0 Å². The number of furan rings is 1. The van der Waals surface area contributed by atoms with Gasteiger partial charge in [-0.25, -0.2) is 15.0 Å². The Morgan fingerprint density at radius 2 is 0.840 bits per heavy atom. The highest BCUT2D eigenvalue weighted by Crippen LogP contribution is 2.36. The SMILES string of the molecule is c1ccc(-c2ccc(-c3cccc(-c4ccc5oc6cccc(Cc7nc(-c8ccccc8)nc(-c8ccccc8)n7)c6c5c4)c3)cc2)cc1. The van der Waals surface area contributed by atoms with E-state index in [1.165, 1.54) is 22.3 Å². The molecule has 0 atom stereocenters. The van der Waals surface area contributed by atoms with Crippen molar-refractivity contribution in [3.8, 4) is 56.2 Å². The van der Waals surface area contributed by atoms with Crippen LogP contribution in [0, 0.1) is 0 Å². The molecule has 50 heavy (non-hydrogen) atoms. The molecular weight excluding hydrogens is 611 g/mol. The minimum absolute atomic E-state index is 0.535. The normalized spacial score (nSPS) is 11.3. The third-order valence-corrected chi connectivity index (χ3v) is 9.20. The predicted molar refractivity (Wildman–Crippen MR) is 204 cm³/mol. The molecule has 9 rings (SSSR count). The van der Waals surface area contributed by atoms with Crippen molar-refractivity contribution < 1.29 is 4.42 Å². The molecule has 2 aromatic heterocycles. The molecule has 0 radical (unpaired) electrons. The molecule has 0 unspecified atom stereocenters. The summed E-state index contributed by atoms with van der Waals surface area (Å²) >= 11 is 0. The van der Waals surface area contributed by atoms with Gasteiger partial charge in [0.25, 0.3) is 0 Å². The minimum atomic E-state index is 0.535. The molecule has 4 nitrogen and oxygen atoms in total. The summed E-state index contributed by atoms with van der Waals surface area (Å²) in [5.41, 5.74) is 11.8. The molecule has 0 aliphatic heterocycles. The average molecular weight is 642 g/mol. The van der Waals surface area contributed by atoms with Crippen molar-refractivity contribution >= 4 is 21.9 Å². The number of benzene rings is 7. The summed E-state index contributed by atoms with van der Waals surface area (Å²) in [7, 11) is 0. The van der Waals surface area contributed by atoms with Crippen molar-refractivity contribution in [3.63, 3.8) is 0 Å². The van der Waals surface area contributed by atoms with E-state index in [2.05, 4.69) is 97.1 Å². The van der Waals surface area contributed by atoms with Gasteiger partial charge in [-0.05, 0) is 63.2 Å². The Labute approximate surface area is 290 Å². The lowest BCUT2D eigenvalue weighted by molar-refractivity contribution is 0.668. The Kier molecular flexibility index (Phi) is 7.52. The molecule has 0 spiro atoms. The lowest BCUT2D eigenvalue weighted by Crippen LogP contribution is -2.04. The van der Waals surface area contributed by atoms with Crippen molar-refractivity contribution in [2.75, 3.05) is 0 Å². The number of rotatable bonds is 7. The van der Waals surface area contributed by atoms with Crippen LogP contribution in [0.3, 0.4) is 0 Å². The summed E-state index contributed by atoms with van der Waals surface area (Å²) in [6.07, 6.45) is 0.535. The lowest BCUT2D eigenvalue weighted by Gasteiger charge is -2.09. The number of aromatic nitrogens is 3. The fraction of sp³-hybridized carbons (Fsp3) is 0.0217. The maximum atomic E-state index is 6.40. The van der Waals surface area contributed by atoms with E-state index in [-0.39, 0.29) is 0 Å². The van der Waals surface area contributed by atoms with Gasteiger partial charge in [0, 0.05) is 28.3 Å². The first-order chi connectivity index (χ1) is 24.7. The van der Waals surface area contributed by atoms with Gasteiger partial charge in [-0.1, -0.05) is 152 Å². The van der Waals surface area contributed by atoms with Gasteiger partial charge >= 0.3 is 0 Å². The molecule has 0 amide bonds. The van der Waals surface area contributed by atoms with Crippen LogP contribution in [-0.2, 0) is 6.42 Å². The summed E-state index contributed by atoms with van der Waals surface area (Å²) in [5, 5.41) is 2.16. The first-order valence-electron chi connectivity index (χ1n) is 16.8. The molecule has 2 heterocycles. The van der Waals surface area contributed by atoms with Crippen LogP contribution in [0.1, 0.15) is 11.4 Å². The molecule has 4 heteroatoms. The maximum absolute atomic E-state index is 6.40. The van der Waals surface area contributed by atoms with E-state index in [1.807, 2.05) is 78.9 Å². The van der Waals surface area contributed by atoms with Gasteiger partial charge in [-0.2, -0.15) is 0 Å². The Morgan fingerprint density at radius 1 is 0.360 bits per heavy atom. The van der Waals surface area contributed by atoms with Gasteiger partial charge in [-0.3, -0.25) is 0 Å². The molecule has 0 aliphatic rings. The Balaban J connectivity index is 1.09. The number of fused-ring (bicyclic) bond motifs is 3. The topological polar surface area (TPSA) is 51.8 Å². The Bertz CT molecular complexity index is 2540. The summed E-state index contributed by atoms with van der Waals surface area (Å²) in [6.45, 7) is 0. The minimum Gasteiger partial charge on any atom is -0.456 e. The highest BCUT2D eigenvalue weighted by Gasteiger charge is 2.16. The maximum Gasteiger partial charge on any atom is 0.163 e. The number of nitrogens with zero attached hydrogens (tertiary/aromatic N) is 3. The first kappa shape index (κ1) is 29.5. The van der Waals surface area contributed by atoms with Crippen molar-refractivity contribution in [1.82, 2.24) is 15.0 Å². The second-order valence-corrected chi connectivity index (χ2v) is 12.4. The molecule has 0 bridgehead atoms. The standard InChI is InChI=1S/C46H31N3O/c1-4-12-31(13-5-1)32-22-24-33(25-23-32)36-18-10-19-37(28-36)38-26-27-41-40(29-38)44-39(20-11-21-42(44)50-41)30-43-47-45(34-14-6-2-7-15-34)49-46(48-43)35-16-8-3-9-17-35/h1-29H,30H2. The fourth-order valence-corrected chi connectivity index (χ4v) is 6.69. The van der Waals surface area contributed by atoms with E-state index < -0.39 is 0 Å². The third kappa shape index (κ3) is 5.73. The van der Waals surface area contributed by atoms with Crippen molar-refractivity contribution in [2.24, 2.45) is 0 Å². The highest BCUT2D eigenvalue weighted by atomic mass is 16.3. The fourth-order valence-electron chi connectivity index (χ4n) is 6.69. The molecule has 236 valence electrons. The Hall–Kier alpha value is -6.65. The van der Waals surface area contributed by atoms with E-state index in [4.69, 9.17) is 19.4 Å². The van der Waals surface area contributed by atoms with E-state index in [1.54, 1.807) is 0 Å². The molecule has 0 saturated carbocycles. The Morgan fingerprint density at radius 3 is 1.48 bits per heavy atom. The van der Waals surface area contributed by atoms with E-state index in [0.29, 0.717) is 23.9 Å². The van der Waals surface area contributed by atoms with E-state index in [0.717, 1.165) is 49.8 Å². The average Bonchev–Trinajstić information content (AvgIpc) is 3.58. The quantitative estimate of drug-likeness (QED) is 0.174. The first-order valence-corrected chi connectivity index (χ1v) is 16.8.